The van der Waals surface area contributed by atoms with Crippen molar-refractivity contribution in [3.63, 3.8) is 0 Å². The maximum Gasteiger partial charge on any atom is 0.236 e. The summed E-state index contributed by atoms with van der Waals surface area (Å²) in [6, 6.07) is 4.41. The van der Waals surface area contributed by atoms with E-state index in [2.05, 4.69) is 23.7 Å². The van der Waals surface area contributed by atoms with Gasteiger partial charge < -0.3 is 10.2 Å². The molecule has 88 valence electrons. The van der Waals surface area contributed by atoms with Crippen LogP contribution < -0.4 is 5.32 Å². The molecular weight excluding hydrogens is 220 g/mol. The number of rotatable bonds is 4. The first-order chi connectivity index (χ1) is 7.77. The van der Waals surface area contributed by atoms with Gasteiger partial charge in [-0.25, -0.2) is 0 Å². The summed E-state index contributed by atoms with van der Waals surface area (Å²) in [5.74, 6) is 0.237. The number of carbonyl (C=O) groups excluding carboxylic acids is 1. The first-order valence-corrected chi connectivity index (χ1v) is 6.70. The van der Waals surface area contributed by atoms with E-state index in [-0.39, 0.29) is 11.9 Å². The van der Waals surface area contributed by atoms with E-state index in [0.29, 0.717) is 6.54 Å². The lowest BCUT2D eigenvalue weighted by Gasteiger charge is -2.17. The minimum atomic E-state index is 0.237. The van der Waals surface area contributed by atoms with Crippen LogP contribution in [0.4, 0.5) is 0 Å². The molecule has 16 heavy (non-hydrogen) atoms. The zero-order valence-electron chi connectivity index (χ0n) is 9.61. The normalized spacial score (nSPS) is 17.7. The van der Waals surface area contributed by atoms with Crippen LogP contribution >= 0.6 is 11.3 Å². The number of hydrogen-bond donors (Lipinski definition) is 1. The van der Waals surface area contributed by atoms with Crippen molar-refractivity contribution in [2.24, 2.45) is 0 Å². The quantitative estimate of drug-likeness (QED) is 0.870. The summed E-state index contributed by atoms with van der Waals surface area (Å²) in [7, 11) is 0. The molecule has 1 N–H and O–H groups in total. The fourth-order valence-corrected chi connectivity index (χ4v) is 2.72. The molecule has 3 nitrogen and oxygen atoms in total. The van der Waals surface area contributed by atoms with Crippen LogP contribution in [0.15, 0.2) is 17.5 Å². The third-order valence-electron chi connectivity index (χ3n) is 2.99. The van der Waals surface area contributed by atoms with Crippen molar-refractivity contribution >= 4 is 17.2 Å². The number of amides is 1. The highest BCUT2D eigenvalue weighted by Crippen LogP contribution is 2.17. The van der Waals surface area contributed by atoms with Crippen molar-refractivity contribution in [3.8, 4) is 0 Å². The van der Waals surface area contributed by atoms with Crippen molar-refractivity contribution < 1.29 is 4.79 Å². The van der Waals surface area contributed by atoms with Gasteiger partial charge in [-0.2, -0.15) is 0 Å². The highest BCUT2D eigenvalue weighted by Gasteiger charge is 2.18. The lowest BCUT2D eigenvalue weighted by molar-refractivity contribution is -0.129. The molecule has 0 bridgehead atoms. The standard InChI is InChI=1S/C12H18N2OS/c1-10(11-5-4-8-16-11)13-9-12(15)14-6-2-3-7-14/h4-5,8,10,13H,2-3,6-7,9H2,1H3/t10-/m1/s1. The van der Waals surface area contributed by atoms with E-state index >= 15 is 0 Å². The third kappa shape index (κ3) is 2.83. The van der Waals surface area contributed by atoms with Crippen LogP contribution in [0.5, 0.6) is 0 Å². The molecule has 2 rings (SSSR count). The van der Waals surface area contributed by atoms with Gasteiger partial charge >= 0.3 is 0 Å². The number of likely N-dealkylation sites (tertiary alicyclic amines) is 1. The zero-order chi connectivity index (χ0) is 11.4. The van der Waals surface area contributed by atoms with Crippen LogP contribution in [0.1, 0.15) is 30.7 Å². The van der Waals surface area contributed by atoms with Gasteiger partial charge in [0.05, 0.1) is 6.54 Å². The Kier molecular flexibility index (Phi) is 3.96. The van der Waals surface area contributed by atoms with E-state index in [4.69, 9.17) is 0 Å². The predicted octanol–water partition coefficient (Wildman–Crippen LogP) is 2.02. The molecular formula is C12H18N2OS. The van der Waals surface area contributed by atoms with E-state index in [0.717, 1.165) is 25.9 Å². The molecule has 0 radical (unpaired) electrons. The number of hydrogen-bond acceptors (Lipinski definition) is 3. The van der Waals surface area contributed by atoms with E-state index < -0.39 is 0 Å². The first kappa shape index (κ1) is 11.6. The topological polar surface area (TPSA) is 32.3 Å². The van der Waals surface area contributed by atoms with E-state index in [9.17, 15) is 4.79 Å². The number of nitrogens with one attached hydrogen (secondary N) is 1. The Morgan fingerprint density at radius 2 is 2.31 bits per heavy atom. The Bertz CT molecular complexity index is 331. The minimum absolute atomic E-state index is 0.237. The Labute approximate surface area is 100 Å². The Morgan fingerprint density at radius 1 is 1.56 bits per heavy atom. The summed E-state index contributed by atoms with van der Waals surface area (Å²) < 4.78 is 0. The monoisotopic (exact) mass is 238 g/mol. The second-order valence-electron chi connectivity index (χ2n) is 4.21. The van der Waals surface area contributed by atoms with E-state index in [1.54, 1.807) is 11.3 Å². The predicted molar refractivity (Wildman–Crippen MR) is 66.6 cm³/mol. The summed E-state index contributed by atoms with van der Waals surface area (Å²) in [5, 5.41) is 5.35. The summed E-state index contributed by atoms with van der Waals surface area (Å²) >= 11 is 1.73. The summed E-state index contributed by atoms with van der Waals surface area (Å²) in [6.45, 7) is 4.43. The largest absolute Gasteiger partial charge is 0.342 e. The van der Waals surface area contributed by atoms with Gasteiger partial charge in [0.15, 0.2) is 0 Å². The molecule has 1 atom stereocenters. The third-order valence-corrected chi connectivity index (χ3v) is 4.04. The van der Waals surface area contributed by atoms with E-state index in [1.807, 2.05) is 11.0 Å². The molecule has 4 heteroatoms. The molecule has 1 aromatic rings. The Hall–Kier alpha value is -0.870. The smallest absolute Gasteiger partial charge is 0.236 e. The summed E-state index contributed by atoms with van der Waals surface area (Å²) in [6.07, 6.45) is 2.32. The van der Waals surface area contributed by atoms with Gasteiger partial charge in [0.25, 0.3) is 0 Å². The molecule has 0 saturated carbocycles. The average molecular weight is 238 g/mol. The molecule has 1 fully saturated rings. The van der Waals surface area contributed by atoms with E-state index in [1.165, 1.54) is 4.88 Å². The van der Waals surface area contributed by atoms with Crippen LogP contribution in [0, 0.1) is 0 Å². The van der Waals surface area contributed by atoms with Crippen molar-refractivity contribution in [1.82, 2.24) is 10.2 Å². The van der Waals surface area contributed by atoms with Crippen LogP contribution in [0.3, 0.4) is 0 Å². The number of thiophene rings is 1. The zero-order valence-corrected chi connectivity index (χ0v) is 10.4. The fourth-order valence-electron chi connectivity index (χ4n) is 1.96. The number of carbonyl (C=O) groups is 1. The van der Waals surface area contributed by atoms with Crippen LogP contribution in [-0.4, -0.2) is 30.4 Å². The van der Waals surface area contributed by atoms with Crippen LogP contribution in [0.25, 0.3) is 0 Å². The number of nitrogens with zero attached hydrogens (tertiary/aromatic N) is 1. The maximum atomic E-state index is 11.8. The first-order valence-electron chi connectivity index (χ1n) is 5.82. The van der Waals surface area contributed by atoms with Gasteiger partial charge in [0, 0.05) is 24.0 Å². The highest BCUT2D eigenvalue weighted by molar-refractivity contribution is 7.10. The van der Waals surface area contributed by atoms with Gasteiger partial charge in [0.1, 0.15) is 0 Å². The van der Waals surface area contributed by atoms with Gasteiger partial charge in [-0.05, 0) is 31.2 Å². The van der Waals surface area contributed by atoms with Crippen molar-refractivity contribution in [2.75, 3.05) is 19.6 Å². The molecule has 0 spiro atoms. The second kappa shape index (κ2) is 5.46. The van der Waals surface area contributed by atoms with Crippen molar-refractivity contribution in [3.05, 3.63) is 22.4 Å². The van der Waals surface area contributed by atoms with Crippen molar-refractivity contribution in [2.45, 2.75) is 25.8 Å². The van der Waals surface area contributed by atoms with Gasteiger partial charge in [0.2, 0.25) is 5.91 Å². The SMILES string of the molecule is C[C@@H](NCC(=O)N1CCCC1)c1cccs1. The molecule has 0 aromatic carbocycles. The average Bonchev–Trinajstić information content (AvgIpc) is 2.95. The molecule has 2 heterocycles. The molecule has 1 saturated heterocycles. The molecule has 0 unspecified atom stereocenters. The van der Waals surface area contributed by atoms with Gasteiger partial charge in [-0.15, -0.1) is 11.3 Å². The highest BCUT2D eigenvalue weighted by atomic mass is 32.1. The second-order valence-corrected chi connectivity index (χ2v) is 5.19. The Balaban J connectivity index is 1.76. The molecule has 1 aliphatic heterocycles. The van der Waals surface area contributed by atoms with Crippen LogP contribution in [0.2, 0.25) is 0 Å². The fraction of sp³-hybridized carbons (Fsp3) is 0.583. The lowest BCUT2D eigenvalue weighted by Crippen LogP contribution is -2.36. The minimum Gasteiger partial charge on any atom is -0.342 e. The van der Waals surface area contributed by atoms with Gasteiger partial charge in [-0.3, -0.25) is 4.79 Å². The van der Waals surface area contributed by atoms with Crippen molar-refractivity contribution in [1.29, 1.82) is 0 Å². The molecule has 1 aliphatic rings. The van der Waals surface area contributed by atoms with Crippen LogP contribution in [-0.2, 0) is 4.79 Å². The molecule has 1 aromatic heterocycles. The summed E-state index contributed by atoms with van der Waals surface area (Å²) in [5.41, 5.74) is 0. The maximum absolute atomic E-state index is 11.8. The molecule has 1 amide bonds. The summed E-state index contributed by atoms with van der Waals surface area (Å²) in [4.78, 5) is 15.0. The molecule has 0 aliphatic carbocycles. The Morgan fingerprint density at radius 3 is 2.94 bits per heavy atom. The lowest BCUT2D eigenvalue weighted by atomic mass is 10.3. The van der Waals surface area contributed by atoms with Gasteiger partial charge in [-0.1, -0.05) is 6.07 Å².